The first-order valence-corrected chi connectivity index (χ1v) is 10.8. The number of sulfonamides is 1. The minimum atomic E-state index is -4.65. The van der Waals surface area contributed by atoms with Gasteiger partial charge in [-0.05, 0) is 50.1 Å². The van der Waals surface area contributed by atoms with E-state index in [0.29, 0.717) is 4.31 Å². The molecule has 0 aliphatic heterocycles. The maximum Gasteiger partial charge on any atom is 0.416 e. The number of halogens is 3. The molecule has 30 heavy (non-hydrogen) atoms. The van der Waals surface area contributed by atoms with E-state index in [-0.39, 0.29) is 22.5 Å². The Balaban J connectivity index is 2.50. The fourth-order valence-electron chi connectivity index (χ4n) is 2.59. The molecule has 0 bridgehead atoms. The van der Waals surface area contributed by atoms with Gasteiger partial charge in [-0.25, -0.2) is 8.42 Å². The summed E-state index contributed by atoms with van der Waals surface area (Å²) in [5, 5.41) is 2.69. The SMILES string of the molecule is Cc1ccc(S(=O)(=O)N(CC(=O)N[C@@H](C)C(C)C)c2cccc(C(F)(F)F)c2)cc1. The quantitative estimate of drug-likeness (QED) is 0.693. The number of benzene rings is 2. The first kappa shape index (κ1) is 23.7. The molecular weight excluding hydrogens is 417 g/mol. The molecule has 0 aromatic heterocycles. The van der Waals surface area contributed by atoms with Gasteiger partial charge in [0.25, 0.3) is 10.0 Å². The number of rotatable bonds is 7. The molecule has 1 amide bonds. The number of nitrogens with zero attached hydrogens (tertiary/aromatic N) is 1. The second kappa shape index (κ2) is 9.07. The van der Waals surface area contributed by atoms with Crippen molar-refractivity contribution in [3.8, 4) is 0 Å². The molecule has 0 radical (unpaired) electrons. The van der Waals surface area contributed by atoms with E-state index in [1.807, 2.05) is 13.8 Å². The lowest BCUT2D eigenvalue weighted by atomic mass is 10.1. The van der Waals surface area contributed by atoms with Crippen LogP contribution < -0.4 is 9.62 Å². The zero-order chi connectivity index (χ0) is 22.7. The van der Waals surface area contributed by atoms with Gasteiger partial charge >= 0.3 is 6.18 Å². The average Bonchev–Trinajstić information content (AvgIpc) is 2.65. The number of hydrogen-bond acceptors (Lipinski definition) is 3. The largest absolute Gasteiger partial charge is 0.416 e. The molecule has 5 nitrogen and oxygen atoms in total. The first-order valence-electron chi connectivity index (χ1n) is 9.38. The fourth-order valence-corrected chi connectivity index (χ4v) is 4.00. The Morgan fingerprint density at radius 1 is 1.07 bits per heavy atom. The smallest absolute Gasteiger partial charge is 0.352 e. The van der Waals surface area contributed by atoms with E-state index < -0.39 is 34.2 Å². The van der Waals surface area contributed by atoms with Crippen molar-refractivity contribution >= 4 is 21.6 Å². The Bertz CT molecular complexity index is 987. The van der Waals surface area contributed by atoms with Crippen molar-refractivity contribution in [1.82, 2.24) is 5.32 Å². The summed E-state index contributed by atoms with van der Waals surface area (Å²) in [6.45, 7) is 6.68. The third kappa shape index (κ3) is 5.75. The summed E-state index contributed by atoms with van der Waals surface area (Å²) < 4.78 is 66.7. The number of aryl methyl sites for hydroxylation is 1. The zero-order valence-corrected chi connectivity index (χ0v) is 18.0. The van der Waals surface area contributed by atoms with Crippen LogP contribution in [0.4, 0.5) is 18.9 Å². The third-order valence-corrected chi connectivity index (χ3v) is 6.53. The summed E-state index contributed by atoms with van der Waals surface area (Å²) in [6.07, 6.45) is -4.65. The van der Waals surface area contributed by atoms with Gasteiger partial charge in [-0.2, -0.15) is 13.2 Å². The molecule has 0 heterocycles. The normalized spacial score (nSPS) is 13.2. The second-order valence-corrected chi connectivity index (χ2v) is 9.34. The highest BCUT2D eigenvalue weighted by atomic mass is 32.2. The molecule has 0 fully saturated rings. The van der Waals surface area contributed by atoms with Crippen molar-refractivity contribution in [2.75, 3.05) is 10.8 Å². The van der Waals surface area contributed by atoms with Crippen molar-refractivity contribution in [3.05, 3.63) is 59.7 Å². The Morgan fingerprint density at radius 2 is 1.67 bits per heavy atom. The van der Waals surface area contributed by atoms with Gasteiger partial charge in [-0.15, -0.1) is 0 Å². The van der Waals surface area contributed by atoms with Crippen LogP contribution in [0.3, 0.4) is 0 Å². The van der Waals surface area contributed by atoms with Crippen LogP contribution in [-0.4, -0.2) is 26.9 Å². The summed E-state index contributed by atoms with van der Waals surface area (Å²) in [5.41, 5.74) is -0.416. The van der Waals surface area contributed by atoms with Crippen LogP contribution in [0.15, 0.2) is 53.4 Å². The molecule has 0 aliphatic rings. The monoisotopic (exact) mass is 442 g/mol. The maximum atomic E-state index is 13.2. The van der Waals surface area contributed by atoms with Crippen molar-refractivity contribution in [1.29, 1.82) is 0 Å². The van der Waals surface area contributed by atoms with Crippen molar-refractivity contribution in [3.63, 3.8) is 0 Å². The van der Waals surface area contributed by atoms with Crippen molar-refractivity contribution in [2.24, 2.45) is 5.92 Å². The van der Waals surface area contributed by atoms with Gasteiger partial charge in [-0.1, -0.05) is 37.6 Å². The molecule has 9 heteroatoms. The molecule has 2 aromatic carbocycles. The van der Waals surface area contributed by atoms with Crippen molar-refractivity contribution in [2.45, 2.75) is 44.8 Å². The molecule has 0 saturated carbocycles. The predicted molar refractivity (Wildman–Crippen MR) is 110 cm³/mol. The van der Waals surface area contributed by atoms with Crippen LogP contribution in [0.1, 0.15) is 31.9 Å². The van der Waals surface area contributed by atoms with E-state index in [9.17, 15) is 26.4 Å². The lowest BCUT2D eigenvalue weighted by molar-refractivity contribution is -0.137. The van der Waals surface area contributed by atoms with Crippen LogP contribution in [-0.2, 0) is 21.0 Å². The summed E-state index contributed by atoms with van der Waals surface area (Å²) >= 11 is 0. The Kier molecular flexibility index (Phi) is 7.18. The highest BCUT2D eigenvalue weighted by Crippen LogP contribution is 2.33. The molecule has 164 valence electrons. The van der Waals surface area contributed by atoms with Gasteiger partial charge in [0.2, 0.25) is 5.91 Å². The van der Waals surface area contributed by atoms with E-state index in [1.54, 1.807) is 26.0 Å². The fraction of sp³-hybridized carbons (Fsp3) is 0.381. The summed E-state index contributed by atoms with van der Waals surface area (Å²) in [4.78, 5) is 12.4. The molecule has 0 aliphatic carbocycles. The number of alkyl halides is 3. The second-order valence-electron chi connectivity index (χ2n) is 7.47. The average molecular weight is 443 g/mol. The van der Waals surface area contributed by atoms with Gasteiger partial charge in [0.05, 0.1) is 16.1 Å². The summed E-state index contributed by atoms with van der Waals surface area (Å²) in [6, 6.07) is 9.58. The highest BCUT2D eigenvalue weighted by Gasteiger charge is 2.33. The standard InChI is InChI=1S/C21H25F3N2O3S/c1-14(2)16(4)25-20(27)13-26(18-7-5-6-17(12-18)21(22,23)24)30(28,29)19-10-8-15(3)9-11-19/h5-12,14,16H,13H2,1-4H3,(H,25,27)/t16-/m0/s1. The topological polar surface area (TPSA) is 66.5 Å². The summed E-state index contributed by atoms with van der Waals surface area (Å²) in [5.74, 6) is -0.506. The Morgan fingerprint density at radius 3 is 2.20 bits per heavy atom. The van der Waals surface area contributed by atoms with Crippen LogP contribution >= 0.6 is 0 Å². The van der Waals surface area contributed by atoms with Crippen LogP contribution in [0.2, 0.25) is 0 Å². The first-order chi connectivity index (χ1) is 13.8. The number of amides is 1. The number of carbonyl (C=O) groups excluding carboxylic acids is 1. The minimum Gasteiger partial charge on any atom is -0.352 e. The Hall–Kier alpha value is -2.55. The van der Waals surface area contributed by atoms with E-state index in [1.165, 1.54) is 18.2 Å². The summed E-state index contributed by atoms with van der Waals surface area (Å²) in [7, 11) is -4.28. The number of carbonyl (C=O) groups is 1. The van der Waals surface area contributed by atoms with Crippen LogP contribution in [0, 0.1) is 12.8 Å². The number of nitrogens with one attached hydrogen (secondary N) is 1. The Labute approximate surface area is 175 Å². The van der Waals surface area contributed by atoms with Gasteiger partial charge in [0.15, 0.2) is 0 Å². The van der Waals surface area contributed by atoms with E-state index >= 15 is 0 Å². The molecule has 1 N–H and O–H groups in total. The molecule has 0 saturated heterocycles. The van der Waals surface area contributed by atoms with Crippen LogP contribution in [0.25, 0.3) is 0 Å². The molecule has 0 unspecified atom stereocenters. The molecule has 0 spiro atoms. The van der Waals surface area contributed by atoms with E-state index in [2.05, 4.69) is 5.32 Å². The molecular formula is C21H25F3N2O3S. The lowest BCUT2D eigenvalue weighted by Crippen LogP contribution is -2.45. The van der Waals surface area contributed by atoms with Gasteiger partial charge in [0, 0.05) is 6.04 Å². The maximum absolute atomic E-state index is 13.2. The molecule has 2 aromatic rings. The highest BCUT2D eigenvalue weighted by molar-refractivity contribution is 7.92. The lowest BCUT2D eigenvalue weighted by Gasteiger charge is -2.26. The van der Waals surface area contributed by atoms with Gasteiger partial charge in [-0.3, -0.25) is 9.10 Å². The van der Waals surface area contributed by atoms with E-state index in [0.717, 1.165) is 23.8 Å². The van der Waals surface area contributed by atoms with E-state index in [4.69, 9.17) is 0 Å². The van der Waals surface area contributed by atoms with Gasteiger partial charge < -0.3 is 5.32 Å². The van der Waals surface area contributed by atoms with Gasteiger partial charge in [0.1, 0.15) is 6.54 Å². The minimum absolute atomic E-state index is 0.102. The van der Waals surface area contributed by atoms with Crippen LogP contribution in [0.5, 0.6) is 0 Å². The molecule has 2 rings (SSSR count). The number of anilines is 1. The predicted octanol–water partition coefficient (Wildman–Crippen LogP) is 4.37. The molecule has 1 atom stereocenters. The third-order valence-electron chi connectivity index (χ3n) is 4.75. The number of hydrogen-bond donors (Lipinski definition) is 1. The zero-order valence-electron chi connectivity index (χ0n) is 17.2. The van der Waals surface area contributed by atoms with Crippen molar-refractivity contribution < 1.29 is 26.4 Å².